The largest absolute Gasteiger partial charge is 0.350 e. The van der Waals surface area contributed by atoms with E-state index in [1.54, 1.807) is 11.5 Å². The molecule has 0 atom stereocenters. The van der Waals surface area contributed by atoms with Crippen molar-refractivity contribution in [1.29, 1.82) is 0 Å². The molecule has 0 unspecified atom stereocenters. The molecule has 0 aliphatic carbocycles. The molecular formula is C17H17N3O2S. The number of nitrogens with one attached hydrogen (secondary N) is 1. The van der Waals surface area contributed by atoms with E-state index in [9.17, 15) is 9.59 Å². The highest BCUT2D eigenvalue weighted by Crippen LogP contribution is 2.24. The van der Waals surface area contributed by atoms with Crippen LogP contribution in [0.1, 0.15) is 21.1 Å². The first-order valence-corrected chi connectivity index (χ1v) is 8.18. The van der Waals surface area contributed by atoms with Crippen LogP contribution in [-0.2, 0) is 6.54 Å². The molecule has 118 valence electrons. The van der Waals surface area contributed by atoms with Crippen LogP contribution in [0.3, 0.4) is 0 Å². The lowest BCUT2D eigenvalue weighted by molar-refractivity contribution is 0.0956. The van der Waals surface area contributed by atoms with Gasteiger partial charge in [-0.1, -0.05) is 18.2 Å². The number of thiophene rings is 1. The lowest BCUT2D eigenvalue weighted by Crippen LogP contribution is -2.32. The number of rotatable bonds is 4. The molecule has 0 bridgehead atoms. The van der Waals surface area contributed by atoms with Gasteiger partial charge in [-0.2, -0.15) is 4.98 Å². The Morgan fingerprint density at radius 2 is 2.04 bits per heavy atom. The summed E-state index contributed by atoms with van der Waals surface area (Å²) in [5.41, 5.74) is 1.27. The van der Waals surface area contributed by atoms with Gasteiger partial charge in [0.2, 0.25) is 0 Å². The minimum Gasteiger partial charge on any atom is -0.350 e. The van der Waals surface area contributed by atoms with Crippen LogP contribution in [-0.4, -0.2) is 22.0 Å². The Bertz CT molecular complexity index is 894. The fourth-order valence-corrected chi connectivity index (χ4v) is 3.49. The summed E-state index contributed by atoms with van der Waals surface area (Å²) in [7, 11) is 0. The van der Waals surface area contributed by atoms with Crippen LogP contribution in [0.4, 0.5) is 0 Å². The van der Waals surface area contributed by atoms with Crippen molar-refractivity contribution < 1.29 is 4.79 Å². The van der Waals surface area contributed by atoms with Crippen molar-refractivity contribution in [2.45, 2.75) is 20.4 Å². The van der Waals surface area contributed by atoms with Gasteiger partial charge in [-0.05, 0) is 37.4 Å². The third-order valence-electron chi connectivity index (χ3n) is 3.62. The van der Waals surface area contributed by atoms with Gasteiger partial charge in [-0.25, -0.2) is 4.79 Å². The third-order valence-corrected chi connectivity index (χ3v) is 4.73. The van der Waals surface area contributed by atoms with E-state index in [0.717, 1.165) is 15.8 Å². The molecule has 2 aromatic heterocycles. The van der Waals surface area contributed by atoms with Crippen molar-refractivity contribution in [3.05, 3.63) is 63.1 Å². The maximum Gasteiger partial charge on any atom is 0.348 e. The second-order valence-electron chi connectivity index (χ2n) is 5.38. The Labute approximate surface area is 137 Å². The number of benzene rings is 1. The molecule has 1 amide bonds. The number of carbonyl (C=O) groups is 1. The van der Waals surface area contributed by atoms with E-state index >= 15 is 0 Å². The van der Waals surface area contributed by atoms with Crippen LogP contribution in [0.5, 0.6) is 0 Å². The number of nitrogens with zero attached hydrogens (tertiary/aromatic N) is 2. The molecule has 0 aliphatic heterocycles. The van der Waals surface area contributed by atoms with Crippen LogP contribution in [0.15, 0.2) is 41.2 Å². The molecule has 6 heteroatoms. The first kappa shape index (κ1) is 15.4. The van der Waals surface area contributed by atoms with Crippen molar-refractivity contribution in [3.63, 3.8) is 0 Å². The first-order chi connectivity index (χ1) is 11.0. The average molecular weight is 327 g/mol. The van der Waals surface area contributed by atoms with E-state index in [1.165, 1.54) is 11.3 Å². The van der Waals surface area contributed by atoms with Gasteiger partial charge >= 0.3 is 5.69 Å². The topological polar surface area (TPSA) is 64.0 Å². The van der Waals surface area contributed by atoms with E-state index < -0.39 is 0 Å². The maximum atomic E-state index is 12.2. The summed E-state index contributed by atoms with van der Waals surface area (Å²) < 4.78 is 2.66. The highest BCUT2D eigenvalue weighted by atomic mass is 32.1. The smallest absolute Gasteiger partial charge is 0.348 e. The molecule has 0 aliphatic rings. The maximum absolute atomic E-state index is 12.2. The molecule has 0 radical (unpaired) electrons. The van der Waals surface area contributed by atoms with Crippen molar-refractivity contribution >= 4 is 27.3 Å². The molecule has 0 saturated heterocycles. The van der Waals surface area contributed by atoms with Gasteiger partial charge in [0, 0.05) is 29.2 Å². The van der Waals surface area contributed by atoms with E-state index in [2.05, 4.69) is 10.3 Å². The lowest BCUT2D eigenvalue weighted by Gasteiger charge is -2.10. The molecule has 0 saturated carbocycles. The van der Waals surface area contributed by atoms with Crippen LogP contribution in [0, 0.1) is 13.8 Å². The standard InChI is InChI=1S/C17H17N3O2S/c1-11-9-12(2)20(17(22)19-11)8-7-18-16(21)15-10-13-5-3-4-6-14(13)23-15/h3-6,9-10H,7-8H2,1-2H3,(H,18,21). The summed E-state index contributed by atoms with van der Waals surface area (Å²) in [4.78, 5) is 28.7. The summed E-state index contributed by atoms with van der Waals surface area (Å²) in [5, 5.41) is 3.93. The van der Waals surface area contributed by atoms with Gasteiger partial charge < -0.3 is 5.32 Å². The zero-order valence-electron chi connectivity index (χ0n) is 13.0. The minimum atomic E-state index is -0.279. The van der Waals surface area contributed by atoms with Crippen molar-refractivity contribution in [1.82, 2.24) is 14.9 Å². The number of hydrogen-bond acceptors (Lipinski definition) is 4. The van der Waals surface area contributed by atoms with Gasteiger partial charge in [0.25, 0.3) is 5.91 Å². The SMILES string of the molecule is Cc1cc(C)n(CCNC(=O)c2cc3ccccc3s2)c(=O)n1. The Kier molecular flexibility index (Phi) is 4.25. The average Bonchev–Trinajstić information content (AvgIpc) is 2.93. The summed E-state index contributed by atoms with van der Waals surface area (Å²) in [5.74, 6) is -0.114. The highest BCUT2D eigenvalue weighted by molar-refractivity contribution is 7.20. The van der Waals surface area contributed by atoms with Gasteiger partial charge in [0.05, 0.1) is 4.88 Å². The van der Waals surface area contributed by atoms with Crippen LogP contribution >= 0.6 is 11.3 Å². The quantitative estimate of drug-likeness (QED) is 0.801. The molecular weight excluding hydrogens is 310 g/mol. The Morgan fingerprint density at radius 3 is 2.78 bits per heavy atom. The van der Waals surface area contributed by atoms with Crippen molar-refractivity contribution in [3.8, 4) is 0 Å². The highest BCUT2D eigenvalue weighted by Gasteiger charge is 2.10. The molecule has 1 N–H and O–H groups in total. The number of carbonyl (C=O) groups excluding carboxylic acids is 1. The van der Waals surface area contributed by atoms with E-state index in [1.807, 2.05) is 43.3 Å². The van der Waals surface area contributed by atoms with Crippen molar-refractivity contribution in [2.75, 3.05) is 6.54 Å². The van der Waals surface area contributed by atoms with Gasteiger partial charge in [-0.3, -0.25) is 9.36 Å². The van der Waals surface area contributed by atoms with E-state index in [0.29, 0.717) is 23.7 Å². The second kappa shape index (κ2) is 6.34. The number of aryl methyl sites for hydroxylation is 2. The van der Waals surface area contributed by atoms with E-state index in [4.69, 9.17) is 0 Å². The number of hydrogen-bond donors (Lipinski definition) is 1. The fourth-order valence-electron chi connectivity index (χ4n) is 2.51. The predicted molar refractivity (Wildman–Crippen MR) is 92.1 cm³/mol. The lowest BCUT2D eigenvalue weighted by atomic mass is 10.2. The molecule has 23 heavy (non-hydrogen) atoms. The molecule has 2 heterocycles. The summed E-state index contributed by atoms with van der Waals surface area (Å²) in [6.45, 7) is 4.46. The number of aromatic nitrogens is 2. The summed E-state index contributed by atoms with van der Waals surface area (Å²) in [6.07, 6.45) is 0. The number of fused-ring (bicyclic) bond motifs is 1. The molecule has 3 rings (SSSR count). The molecule has 1 aromatic carbocycles. The normalized spacial score (nSPS) is 10.9. The van der Waals surface area contributed by atoms with Crippen LogP contribution < -0.4 is 11.0 Å². The second-order valence-corrected chi connectivity index (χ2v) is 6.46. The van der Waals surface area contributed by atoms with Gasteiger partial charge in [0.1, 0.15) is 0 Å². The minimum absolute atomic E-state index is 0.114. The van der Waals surface area contributed by atoms with E-state index in [-0.39, 0.29) is 11.6 Å². The summed E-state index contributed by atoms with van der Waals surface area (Å²) >= 11 is 1.47. The van der Waals surface area contributed by atoms with Crippen molar-refractivity contribution in [2.24, 2.45) is 0 Å². The van der Waals surface area contributed by atoms with Crippen LogP contribution in [0.2, 0.25) is 0 Å². The third kappa shape index (κ3) is 3.32. The predicted octanol–water partition coefficient (Wildman–Crippen LogP) is 2.50. The zero-order chi connectivity index (χ0) is 16.4. The summed E-state index contributed by atoms with van der Waals surface area (Å²) in [6, 6.07) is 11.6. The van der Waals surface area contributed by atoms with Gasteiger partial charge in [-0.15, -0.1) is 11.3 Å². The molecule has 0 fully saturated rings. The monoisotopic (exact) mass is 327 g/mol. The van der Waals surface area contributed by atoms with Gasteiger partial charge in [0.15, 0.2) is 0 Å². The molecule has 5 nitrogen and oxygen atoms in total. The first-order valence-electron chi connectivity index (χ1n) is 7.36. The Hall–Kier alpha value is -2.47. The van der Waals surface area contributed by atoms with Crippen LogP contribution in [0.25, 0.3) is 10.1 Å². The Morgan fingerprint density at radius 1 is 1.26 bits per heavy atom. The molecule has 0 spiro atoms. The molecule has 3 aromatic rings. The fraction of sp³-hybridized carbons (Fsp3) is 0.235. The number of amides is 1. The Balaban J connectivity index is 1.67. The zero-order valence-corrected chi connectivity index (χ0v) is 13.8.